The summed E-state index contributed by atoms with van der Waals surface area (Å²) in [5.74, 6) is -1.63. The molecule has 0 spiro atoms. The number of carbonyl (C=O) groups is 3. The van der Waals surface area contributed by atoms with E-state index in [1.165, 1.54) is 17.4 Å². The number of fused-ring (bicyclic) bond motifs is 1. The van der Waals surface area contributed by atoms with Crippen molar-refractivity contribution in [1.82, 2.24) is 24.9 Å². The van der Waals surface area contributed by atoms with Crippen molar-refractivity contribution in [3.8, 4) is 5.69 Å². The minimum Gasteiger partial charge on any atom is -0.478 e. The van der Waals surface area contributed by atoms with Gasteiger partial charge in [0.15, 0.2) is 4.80 Å². The lowest BCUT2D eigenvalue weighted by molar-refractivity contribution is -0.139. The highest BCUT2D eigenvalue weighted by atomic mass is 32.1. The van der Waals surface area contributed by atoms with Gasteiger partial charge in [-0.05, 0) is 54.6 Å². The summed E-state index contributed by atoms with van der Waals surface area (Å²) in [6.07, 6.45) is 3.44. The molecule has 1 aliphatic rings. The molecule has 0 bridgehead atoms. The Bertz CT molecular complexity index is 2200. The van der Waals surface area contributed by atoms with E-state index in [2.05, 4.69) is 25.9 Å². The van der Waals surface area contributed by atoms with E-state index in [9.17, 15) is 24.3 Å². The highest BCUT2D eigenvalue weighted by Gasteiger charge is 2.33. The van der Waals surface area contributed by atoms with Gasteiger partial charge < -0.3 is 15.2 Å². The van der Waals surface area contributed by atoms with Crippen molar-refractivity contribution in [3.05, 3.63) is 126 Å². The smallest absolute Gasteiger partial charge is 0.338 e. The van der Waals surface area contributed by atoms with Gasteiger partial charge in [-0.15, -0.1) is 16.4 Å². The molecule has 0 saturated carbocycles. The number of thiazole rings is 1. The van der Waals surface area contributed by atoms with Crippen LogP contribution >= 0.6 is 22.7 Å². The van der Waals surface area contributed by atoms with Gasteiger partial charge in [0.25, 0.3) is 5.56 Å². The first-order valence-electron chi connectivity index (χ1n) is 14.4. The Morgan fingerprint density at radius 3 is 2.57 bits per heavy atom. The van der Waals surface area contributed by atoms with Gasteiger partial charge in [0, 0.05) is 0 Å². The van der Waals surface area contributed by atoms with E-state index in [1.807, 2.05) is 54.6 Å². The number of rotatable bonds is 9. The number of carbonyl (C=O) groups excluding carboxylic acids is 2. The molecule has 1 atom stereocenters. The lowest BCUT2D eigenvalue weighted by Crippen LogP contribution is -2.39. The lowest BCUT2D eigenvalue weighted by Gasteiger charge is -2.24. The Hall–Kier alpha value is -5.67. The summed E-state index contributed by atoms with van der Waals surface area (Å²) in [4.78, 5) is 55.4. The summed E-state index contributed by atoms with van der Waals surface area (Å²) < 4.78 is 8.90. The second-order valence-electron chi connectivity index (χ2n) is 10.2. The van der Waals surface area contributed by atoms with E-state index < -0.39 is 24.0 Å². The maximum Gasteiger partial charge on any atom is 0.338 e. The number of nitrogens with one attached hydrogen (secondary N) is 2. The summed E-state index contributed by atoms with van der Waals surface area (Å²) in [6, 6.07) is 16.9. The fraction of sp³-hybridized carbons (Fsp3) is 0.156. The Labute approximate surface area is 274 Å². The number of hydrogen-bond donors (Lipinski definition) is 3. The van der Waals surface area contributed by atoms with Crippen molar-refractivity contribution in [2.45, 2.75) is 26.4 Å². The maximum absolute atomic E-state index is 13.8. The summed E-state index contributed by atoms with van der Waals surface area (Å²) in [7, 11) is 0. The first-order valence-corrected chi connectivity index (χ1v) is 16.0. The fourth-order valence-corrected chi connectivity index (χ4v) is 6.84. The number of carboxylic acid groups (broad SMARTS) is 1. The molecule has 0 aliphatic carbocycles. The van der Waals surface area contributed by atoms with Crippen LogP contribution in [0.3, 0.4) is 0 Å². The van der Waals surface area contributed by atoms with Gasteiger partial charge in [-0.1, -0.05) is 59.0 Å². The number of allylic oxidation sites excluding steroid dienone is 1. The average molecular weight is 670 g/mol. The molecule has 4 heterocycles. The van der Waals surface area contributed by atoms with Crippen LogP contribution in [0.15, 0.2) is 93.3 Å². The molecule has 15 heteroatoms. The Morgan fingerprint density at radius 1 is 1.09 bits per heavy atom. The fourth-order valence-electron chi connectivity index (χ4n) is 5.02. The standard InChI is InChI=1S/C32H27N7O6S2/c1-3-45-30(43)25-18(2)34-32-39(26(25)20-7-5-4-6-8-20)28(40)24(47-32)15-19-9-11-22(12-10-19)38-17-21(36-37-38)16-33-31(44)35-27-23(29(41)42)13-14-46-27/h4-15,17,26H,3,16H2,1-2H3,(H,41,42)(H2,33,35,44)/b24-15+. The van der Waals surface area contributed by atoms with Gasteiger partial charge in [0.05, 0.1) is 52.4 Å². The van der Waals surface area contributed by atoms with Gasteiger partial charge in [0.1, 0.15) is 10.7 Å². The van der Waals surface area contributed by atoms with Crippen molar-refractivity contribution in [3.63, 3.8) is 0 Å². The second kappa shape index (κ2) is 13.4. The number of nitrogens with zero attached hydrogens (tertiary/aromatic N) is 5. The minimum atomic E-state index is -1.13. The molecule has 3 aromatic heterocycles. The number of ether oxygens (including phenoxy) is 1. The highest BCUT2D eigenvalue weighted by Crippen LogP contribution is 2.30. The molecular weight excluding hydrogens is 643 g/mol. The third-order valence-corrected chi connectivity index (χ3v) is 8.99. The largest absolute Gasteiger partial charge is 0.478 e. The minimum absolute atomic E-state index is 0.0160. The zero-order valence-electron chi connectivity index (χ0n) is 25.0. The van der Waals surface area contributed by atoms with Crippen LogP contribution in [-0.2, 0) is 16.1 Å². The molecule has 2 aromatic carbocycles. The number of thiophene rings is 1. The van der Waals surface area contributed by atoms with E-state index >= 15 is 0 Å². The predicted molar refractivity (Wildman–Crippen MR) is 175 cm³/mol. The molecule has 47 heavy (non-hydrogen) atoms. The predicted octanol–water partition coefficient (Wildman–Crippen LogP) is 3.46. The third kappa shape index (κ3) is 6.52. The number of aromatic nitrogens is 4. The zero-order chi connectivity index (χ0) is 33.1. The SMILES string of the molecule is CCOC(=O)C1=C(C)N=c2s/c(=C/c3ccc(-n4cc(CNC(=O)Nc5sccc5C(=O)O)nn4)cc3)c(=O)n2C1c1ccccc1. The molecule has 1 aliphatic heterocycles. The van der Waals surface area contributed by atoms with Crippen LogP contribution in [0.2, 0.25) is 0 Å². The number of esters is 1. The monoisotopic (exact) mass is 669 g/mol. The van der Waals surface area contributed by atoms with Gasteiger partial charge >= 0.3 is 18.0 Å². The summed E-state index contributed by atoms with van der Waals surface area (Å²) in [5.41, 5.74) is 3.32. The average Bonchev–Trinajstić information content (AvgIpc) is 3.80. The van der Waals surface area contributed by atoms with Gasteiger partial charge in [-0.25, -0.2) is 24.1 Å². The topological polar surface area (TPSA) is 170 Å². The summed E-state index contributed by atoms with van der Waals surface area (Å²) >= 11 is 2.36. The van der Waals surface area contributed by atoms with Crippen molar-refractivity contribution >= 4 is 51.7 Å². The van der Waals surface area contributed by atoms with Crippen LogP contribution in [-0.4, -0.2) is 49.2 Å². The van der Waals surface area contributed by atoms with Crippen LogP contribution < -0.4 is 25.5 Å². The van der Waals surface area contributed by atoms with Crippen LogP contribution in [0, 0.1) is 0 Å². The summed E-state index contributed by atoms with van der Waals surface area (Å²) in [5, 5.41) is 24.4. The molecule has 3 N–H and O–H groups in total. The first-order chi connectivity index (χ1) is 22.7. The number of aromatic carboxylic acids is 1. The number of benzene rings is 2. The van der Waals surface area contributed by atoms with Crippen molar-refractivity contribution in [2.24, 2.45) is 4.99 Å². The quantitative estimate of drug-likeness (QED) is 0.201. The molecule has 238 valence electrons. The molecular formula is C32H27N7O6S2. The Morgan fingerprint density at radius 2 is 1.85 bits per heavy atom. The van der Waals surface area contributed by atoms with Crippen molar-refractivity contribution in [1.29, 1.82) is 0 Å². The van der Waals surface area contributed by atoms with Gasteiger partial charge in [0.2, 0.25) is 0 Å². The number of carboxylic acids is 1. The lowest BCUT2D eigenvalue weighted by atomic mass is 9.96. The molecule has 13 nitrogen and oxygen atoms in total. The van der Waals surface area contributed by atoms with Crippen molar-refractivity contribution in [2.75, 3.05) is 11.9 Å². The van der Waals surface area contributed by atoms with Crippen LogP contribution in [0.4, 0.5) is 9.80 Å². The first kappa shape index (κ1) is 31.3. The molecule has 0 fully saturated rings. The van der Waals surface area contributed by atoms with Crippen LogP contribution in [0.25, 0.3) is 11.8 Å². The van der Waals surface area contributed by atoms with E-state index in [-0.39, 0.29) is 29.3 Å². The summed E-state index contributed by atoms with van der Waals surface area (Å²) in [6.45, 7) is 3.76. The van der Waals surface area contributed by atoms with E-state index in [0.717, 1.165) is 22.5 Å². The number of anilines is 1. The molecule has 1 unspecified atom stereocenters. The maximum atomic E-state index is 13.8. The second-order valence-corrected chi connectivity index (χ2v) is 12.2. The molecule has 6 rings (SSSR count). The number of amides is 2. The highest BCUT2D eigenvalue weighted by molar-refractivity contribution is 7.14. The zero-order valence-corrected chi connectivity index (χ0v) is 26.7. The third-order valence-electron chi connectivity index (χ3n) is 7.18. The molecule has 2 amide bonds. The molecule has 0 radical (unpaired) electrons. The number of urea groups is 1. The van der Waals surface area contributed by atoms with E-state index in [4.69, 9.17) is 4.74 Å². The molecule has 0 saturated heterocycles. The Balaban J connectivity index is 1.20. The van der Waals surface area contributed by atoms with E-state index in [1.54, 1.807) is 40.7 Å². The van der Waals surface area contributed by atoms with Gasteiger partial charge in [-0.2, -0.15) is 0 Å². The number of hydrogen-bond acceptors (Lipinski definition) is 10. The van der Waals surface area contributed by atoms with E-state index in [0.29, 0.717) is 32.0 Å². The van der Waals surface area contributed by atoms with Crippen LogP contribution in [0.5, 0.6) is 0 Å². The van der Waals surface area contributed by atoms with Crippen LogP contribution in [0.1, 0.15) is 47.1 Å². The normalized spacial score (nSPS) is 14.3. The molecule has 5 aromatic rings. The van der Waals surface area contributed by atoms with Gasteiger partial charge in [-0.3, -0.25) is 14.7 Å². The Kier molecular flexibility index (Phi) is 8.90. The van der Waals surface area contributed by atoms with Crippen molar-refractivity contribution < 1.29 is 24.2 Å².